The minimum Gasteiger partial charge on any atom is -0.508 e. The molecular weight excluding hydrogens is 985 g/mol. The molecule has 0 unspecified atom stereocenters. The molecule has 3 aromatic carbocycles. The zero-order chi connectivity index (χ0) is 53.2. The van der Waals surface area contributed by atoms with E-state index in [4.69, 9.17) is 11.5 Å². The number of phenolic OH excluding ortho intramolecular Hbond substituents is 1. The number of carboxylic acid groups (broad SMARTS) is 2. The fraction of sp³-hybridized carbons (Fsp3) is 0.408. The number of hydrogen-bond donors (Lipinski definition) is 13. The summed E-state index contributed by atoms with van der Waals surface area (Å²) in [6.07, 6.45) is 0.636. The highest BCUT2D eigenvalue weighted by Crippen LogP contribution is 2.25. The van der Waals surface area contributed by atoms with Crippen molar-refractivity contribution in [3.8, 4) is 5.75 Å². The van der Waals surface area contributed by atoms with Gasteiger partial charge in [0.05, 0.1) is 12.5 Å². The molecule has 0 bridgehead atoms. The van der Waals surface area contributed by atoms with Crippen molar-refractivity contribution in [2.24, 2.45) is 17.4 Å². The lowest BCUT2D eigenvalue weighted by molar-refractivity contribution is -0.143. The summed E-state index contributed by atoms with van der Waals surface area (Å²) in [7, 11) is 1.88. The van der Waals surface area contributed by atoms with Crippen molar-refractivity contribution in [2.75, 3.05) is 18.1 Å². The lowest BCUT2D eigenvalue weighted by Crippen LogP contribution is -2.61. The van der Waals surface area contributed by atoms with Gasteiger partial charge in [-0.15, -0.1) is 0 Å². The Morgan fingerprint density at radius 1 is 0.699 bits per heavy atom. The van der Waals surface area contributed by atoms with E-state index in [1.807, 2.05) is 18.2 Å². The van der Waals surface area contributed by atoms with Gasteiger partial charge in [-0.05, 0) is 60.2 Å². The highest BCUT2D eigenvalue weighted by Gasteiger charge is 2.36. The van der Waals surface area contributed by atoms with Crippen LogP contribution in [0.5, 0.6) is 5.75 Å². The maximum Gasteiger partial charge on any atom is 0.326 e. The van der Waals surface area contributed by atoms with Crippen LogP contribution in [-0.4, -0.2) is 140 Å². The van der Waals surface area contributed by atoms with Crippen LogP contribution in [0, 0.1) is 5.92 Å². The zero-order valence-corrected chi connectivity index (χ0v) is 41.8. The SMILES string of the molecule is CC(C)[C@H](NC(=O)[C@@H]1CSSC[C@@H](NC(=O)[C@@H](N)CC(=O)O)C(=O)N[C@@H](Cc2ccccc2)C(=O)N[C@@H](Cc2c[nH]c3ccccc23)C(=O)N[C@@H](CCCN)C(=O)N[C@@H](Cc2ccc(O)cc2)C(=O)N1)C(=O)O. The third kappa shape index (κ3) is 17.3. The van der Waals surface area contributed by atoms with Gasteiger partial charge in [0.25, 0.3) is 0 Å². The second-order valence-corrected chi connectivity index (χ2v) is 20.3. The van der Waals surface area contributed by atoms with E-state index in [0.717, 1.165) is 32.5 Å². The van der Waals surface area contributed by atoms with Gasteiger partial charge in [0.15, 0.2) is 0 Å². The van der Waals surface area contributed by atoms with Crippen LogP contribution in [0.3, 0.4) is 0 Å². The van der Waals surface area contributed by atoms with Gasteiger partial charge < -0.3 is 69.0 Å². The number of carboxylic acids is 2. The van der Waals surface area contributed by atoms with E-state index >= 15 is 0 Å². The van der Waals surface area contributed by atoms with Crippen molar-refractivity contribution in [3.05, 3.63) is 102 Å². The Balaban J connectivity index is 1.61. The molecule has 0 aliphatic carbocycles. The molecule has 1 fully saturated rings. The van der Waals surface area contributed by atoms with E-state index in [9.17, 15) is 58.5 Å². The summed E-state index contributed by atoms with van der Waals surface area (Å²) in [5.74, 6) is -10.2. The van der Waals surface area contributed by atoms with Gasteiger partial charge in [-0.25, -0.2) is 4.79 Å². The molecular formula is C49H62N10O12S2. The van der Waals surface area contributed by atoms with E-state index < -0.39 is 114 Å². The number of carbonyl (C=O) groups excluding carboxylic acids is 7. The van der Waals surface area contributed by atoms with E-state index in [2.05, 4.69) is 42.2 Å². The third-order valence-corrected chi connectivity index (χ3v) is 14.2. The number of H-pyrrole nitrogens is 1. The summed E-state index contributed by atoms with van der Waals surface area (Å²) in [5, 5.41) is 48.5. The molecule has 2 heterocycles. The first-order chi connectivity index (χ1) is 34.8. The Hall–Kier alpha value is -7.15. The summed E-state index contributed by atoms with van der Waals surface area (Å²) in [6, 6.07) is 10.0. The van der Waals surface area contributed by atoms with Crippen LogP contribution in [0.25, 0.3) is 10.9 Å². The molecule has 24 heteroatoms. The number of nitrogens with two attached hydrogens (primary N) is 2. The van der Waals surface area contributed by atoms with Crippen LogP contribution in [-0.2, 0) is 62.4 Å². The van der Waals surface area contributed by atoms with Gasteiger partial charge in [-0.2, -0.15) is 0 Å². The topological polar surface area (TPSA) is 366 Å². The fourth-order valence-electron chi connectivity index (χ4n) is 7.74. The number of carbonyl (C=O) groups is 9. The highest BCUT2D eigenvalue weighted by molar-refractivity contribution is 8.76. The van der Waals surface area contributed by atoms with Gasteiger partial charge in [0, 0.05) is 47.9 Å². The molecule has 1 aromatic heterocycles. The monoisotopic (exact) mass is 1050 g/mol. The maximum atomic E-state index is 14.7. The Morgan fingerprint density at radius 2 is 1.25 bits per heavy atom. The van der Waals surface area contributed by atoms with Crippen molar-refractivity contribution in [2.45, 2.75) is 101 Å². The number of aliphatic carboxylic acids is 2. The van der Waals surface area contributed by atoms with Crippen molar-refractivity contribution < 1.29 is 58.5 Å². The lowest BCUT2D eigenvalue weighted by atomic mass is 10.0. The van der Waals surface area contributed by atoms with Gasteiger partial charge in [-0.1, -0.05) is 96.1 Å². The molecule has 22 nitrogen and oxygen atoms in total. The van der Waals surface area contributed by atoms with Crippen LogP contribution in [0.15, 0.2) is 85.1 Å². The standard InChI is InChI=1S/C49H62N10O12S2/c1-26(2)41(49(70)71)59-48(69)39-25-73-72-24-38(57-42(63)32(51)22-40(61)62)47(68)55-35(19-27-9-4-3-5-10-27)44(65)56-37(21-29-23-52-33-12-7-6-11-31(29)33)46(67)53-34(13-8-18-50)43(64)54-36(45(66)58-39)20-28-14-16-30(60)17-15-28/h3-7,9-12,14-17,23,26,32,34-39,41,52,60H,8,13,18-22,24-25,50-51H2,1-2H3,(H,53,67)(H,54,64)(H,55,68)(H,56,65)(H,57,63)(H,58,66)(H,59,69)(H,61,62)(H,70,71)/t32-,34-,35-,36-,37-,38+,39-,41-/m0/s1. The Labute approximate surface area is 428 Å². The predicted molar refractivity (Wildman–Crippen MR) is 273 cm³/mol. The Bertz CT molecular complexity index is 2580. The third-order valence-electron chi connectivity index (χ3n) is 11.8. The lowest BCUT2D eigenvalue weighted by Gasteiger charge is -2.29. The molecule has 1 aliphatic rings. The molecule has 5 rings (SSSR count). The zero-order valence-electron chi connectivity index (χ0n) is 40.1. The minimum atomic E-state index is -1.59. The van der Waals surface area contributed by atoms with Crippen LogP contribution >= 0.6 is 21.6 Å². The number of aromatic amines is 1. The van der Waals surface area contributed by atoms with Crippen LogP contribution in [0.1, 0.15) is 49.8 Å². The number of phenols is 1. The fourth-order valence-corrected chi connectivity index (χ4v) is 10.1. The Morgan fingerprint density at radius 3 is 1.86 bits per heavy atom. The van der Waals surface area contributed by atoms with E-state index in [1.165, 1.54) is 24.3 Å². The molecule has 0 spiro atoms. The summed E-state index contributed by atoms with van der Waals surface area (Å²) in [5.41, 5.74) is 14.2. The van der Waals surface area contributed by atoms with Gasteiger partial charge in [0.2, 0.25) is 41.4 Å². The predicted octanol–water partition coefficient (Wildman–Crippen LogP) is -0.0285. The number of rotatable bonds is 17. The number of aromatic nitrogens is 1. The molecule has 15 N–H and O–H groups in total. The number of aromatic hydroxyl groups is 1. The molecule has 4 aromatic rings. The molecule has 73 heavy (non-hydrogen) atoms. The smallest absolute Gasteiger partial charge is 0.326 e. The first-order valence-electron chi connectivity index (χ1n) is 23.5. The number of hydrogen-bond acceptors (Lipinski definition) is 14. The Kier molecular flexibility index (Phi) is 21.5. The van der Waals surface area contributed by atoms with E-state index in [0.29, 0.717) is 16.7 Å². The molecule has 1 saturated heterocycles. The first-order valence-corrected chi connectivity index (χ1v) is 26.0. The highest BCUT2D eigenvalue weighted by atomic mass is 33.1. The maximum absolute atomic E-state index is 14.7. The average Bonchev–Trinajstić information content (AvgIpc) is 3.76. The van der Waals surface area contributed by atoms with Gasteiger partial charge in [0.1, 0.15) is 48.0 Å². The molecule has 0 radical (unpaired) electrons. The second-order valence-electron chi connectivity index (χ2n) is 17.8. The number of amides is 7. The minimum absolute atomic E-state index is 0.0318. The average molecular weight is 1050 g/mol. The number of para-hydroxylation sites is 1. The van der Waals surface area contributed by atoms with Crippen molar-refractivity contribution in [3.63, 3.8) is 0 Å². The van der Waals surface area contributed by atoms with E-state index in [-0.39, 0.29) is 55.9 Å². The number of benzene rings is 3. The van der Waals surface area contributed by atoms with Crippen LogP contribution in [0.2, 0.25) is 0 Å². The van der Waals surface area contributed by atoms with Crippen molar-refractivity contribution in [1.82, 2.24) is 42.2 Å². The normalized spacial score (nSPS) is 21.6. The summed E-state index contributed by atoms with van der Waals surface area (Å²) < 4.78 is 0. The summed E-state index contributed by atoms with van der Waals surface area (Å²) in [4.78, 5) is 127. The summed E-state index contributed by atoms with van der Waals surface area (Å²) in [6.45, 7) is 3.24. The largest absolute Gasteiger partial charge is 0.508 e. The molecule has 392 valence electrons. The first kappa shape index (κ1) is 56.8. The number of nitrogens with one attached hydrogen (secondary N) is 8. The summed E-state index contributed by atoms with van der Waals surface area (Å²) >= 11 is 0. The molecule has 0 saturated carbocycles. The van der Waals surface area contributed by atoms with Crippen LogP contribution < -0.4 is 48.7 Å². The molecule has 8 atom stereocenters. The molecule has 1 aliphatic heterocycles. The van der Waals surface area contributed by atoms with E-state index in [1.54, 1.807) is 56.4 Å². The van der Waals surface area contributed by atoms with Gasteiger partial charge >= 0.3 is 11.9 Å². The van der Waals surface area contributed by atoms with Crippen molar-refractivity contribution >= 4 is 85.8 Å². The second kappa shape index (κ2) is 27.6. The molecule has 7 amide bonds. The number of fused-ring (bicyclic) bond motifs is 1. The van der Waals surface area contributed by atoms with Gasteiger partial charge in [-0.3, -0.25) is 38.4 Å². The quantitative estimate of drug-likeness (QED) is 0.0618. The van der Waals surface area contributed by atoms with Crippen LogP contribution in [0.4, 0.5) is 0 Å². The van der Waals surface area contributed by atoms with Crippen molar-refractivity contribution in [1.29, 1.82) is 0 Å².